The summed E-state index contributed by atoms with van der Waals surface area (Å²) in [6.07, 6.45) is 0. The molecule has 0 saturated heterocycles. The van der Waals surface area contributed by atoms with Crippen molar-refractivity contribution >= 4 is 45.8 Å². The number of carbonyl (C=O) groups is 1. The summed E-state index contributed by atoms with van der Waals surface area (Å²) in [5.41, 5.74) is 4.04. The van der Waals surface area contributed by atoms with Crippen molar-refractivity contribution < 1.29 is 13.6 Å². The van der Waals surface area contributed by atoms with E-state index < -0.39 is 11.7 Å². The van der Waals surface area contributed by atoms with Crippen LogP contribution in [0.2, 0.25) is 10.0 Å². The number of nitrogens with one attached hydrogen (secondary N) is 1. The number of anilines is 1. The Morgan fingerprint density at radius 2 is 1.70 bits per heavy atom. The quantitative estimate of drug-likeness (QED) is 0.311. The van der Waals surface area contributed by atoms with Gasteiger partial charge in [0.15, 0.2) is 5.76 Å². The predicted molar refractivity (Wildman–Crippen MR) is 126 cm³/mol. The SMILES string of the molecule is Cc1cc2nn(-c3ccc(Cl)cc3)nc2cc1NC(=O)c1ccc(-c2ccc(F)c(Cl)c2)o1. The van der Waals surface area contributed by atoms with E-state index in [-0.39, 0.29) is 10.8 Å². The molecule has 164 valence electrons. The van der Waals surface area contributed by atoms with Crippen LogP contribution in [0.1, 0.15) is 16.1 Å². The normalized spacial score (nSPS) is 11.2. The Morgan fingerprint density at radius 3 is 2.42 bits per heavy atom. The van der Waals surface area contributed by atoms with Gasteiger partial charge in [0.25, 0.3) is 5.91 Å². The topological polar surface area (TPSA) is 73.0 Å². The minimum Gasteiger partial charge on any atom is -0.451 e. The lowest BCUT2D eigenvalue weighted by molar-refractivity contribution is 0.0997. The summed E-state index contributed by atoms with van der Waals surface area (Å²) in [6, 6.07) is 18.2. The maximum Gasteiger partial charge on any atom is 0.291 e. The van der Waals surface area contributed by atoms with Crippen molar-refractivity contribution in [3.05, 3.63) is 93.9 Å². The van der Waals surface area contributed by atoms with Crippen LogP contribution in [-0.2, 0) is 0 Å². The minimum absolute atomic E-state index is 0.0227. The molecule has 0 fully saturated rings. The lowest BCUT2D eigenvalue weighted by Crippen LogP contribution is -2.11. The van der Waals surface area contributed by atoms with Gasteiger partial charge in [-0.2, -0.15) is 4.80 Å². The number of carbonyl (C=O) groups excluding carboxylic acids is 1. The molecule has 5 aromatic rings. The zero-order chi connectivity index (χ0) is 23.1. The lowest BCUT2D eigenvalue weighted by atomic mass is 10.1. The monoisotopic (exact) mass is 480 g/mol. The average molecular weight is 481 g/mol. The first-order valence-electron chi connectivity index (χ1n) is 9.87. The van der Waals surface area contributed by atoms with Crippen LogP contribution in [0.5, 0.6) is 0 Å². The van der Waals surface area contributed by atoms with Crippen molar-refractivity contribution in [2.75, 3.05) is 5.32 Å². The van der Waals surface area contributed by atoms with E-state index in [1.54, 1.807) is 30.3 Å². The Morgan fingerprint density at radius 1 is 0.970 bits per heavy atom. The first-order chi connectivity index (χ1) is 15.9. The minimum atomic E-state index is -0.524. The Bertz CT molecular complexity index is 1510. The molecular weight excluding hydrogens is 466 g/mol. The van der Waals surface area contributed by atoms with Crippen molar-refractivity contribution in [3.8, 4) is 17.0 Å². The van der Waals surface area contributed by atoms with E-state index in [0.717, 1.165) is 11.3 Å². The van der Waals surface area contributed by atoms with Crippen LogP contribution < -0.4 is 5.32 Å². The van der Waals surface area contributed by atoms with E-state index in [9.17, 15) is 9.18 Å². The number of furan rings is 1. The van der Waals surface area contributed by atoms with Crippen LogP contribution in [0.4, 0.5) is 10.1 Å². The molecule has 0 aliphatic heterocycles. The molecule has 2 heterocycles. The van der Waals surface area contributed by atoms with E-state index in [4.69, 9.17) is 27.6 Å². The number of aromatic nitrogens is 3. The van der Waals surface area contributed by atoms with Crippen molar-refractivity contribution in [2.24, 2.45) is 0 Å². The lowest BCUT2D eigenvalue weighted by Gasteiger charge is -2.06. The summed E-state index contributed by atoms with van der Waals surface area (Å²) in [6.45, 7) is 1.87. The first kappa shape index (κ1) is 21.2. The molecule has 0 unspecified atom stereocenters. The highest BCUT2D eigenvalue weighted by atomic mass is 35.5. The van der Waals surface area contributed by atoms with Gasteiger partial charge in [-0.15, -0.1) is 10.2 Å². The molecule has 2 aromatic heterocycles. The maximum atomic E-state index is 13.4. The number of amides is 1. The molecule has 0 radical (unpaired) electrons. The van der Waals surface area contributed by atoms with Crippen LogP contribution in [-0.4, -0.2) is 20.9 Å². The summed E-state index contributed by atoms with van der Waals surface area (Å²) in [5.74, 6) is -0.444. The molecular formula is C24H15Cl2FN4O2. The van der Waals surface area contributed by atoms with Gasteiger partial charge in [-0.05, 0) is 79.2 Å². The number of halogens is 3. The Balaban J connectivity index is 1.40. The van der Waals surface area contributed by atoms with Gasteiger partial charge in [0.1, 0.15) is 22.6 Å². The Kier molecular flexibility index (Phi) is 5.36. The third-order valence-electron chi connectivity index (χ3n) is 5.07. The fraction of sp³-hybridized carbons (Fsp3) is 0.0417. The fourth-order valence-electron chi connectivity index (χ4n) is 3.34. The van der Waals surface area contributed by atoms with E-state index in [1.165, 1.54) is 23.0 Å². The fourth-order valence-corrected chi connectivity index (χ4v) is 3.65. The second-order valence-corrected chi connectivity index (χ2v) is 8.21. The van der Waals surface area contributed by atoms with Crippen molar-refractivity contribution in [3.63, 3.8) is 0 Å². The smallest absolute Gasteiger partial charge is 0.291 e. The van der Waals surface area contributed by atoms with E-state index in [0.29, 0.717) is 33.1 Å². The molecule has 9 heteroatoms. The summed E-state index contributed by atoms with van der Waals surface area (Å²) >= 11 is 11.8. The highest BCUT2D eigenvalue weighted by molar-refractivity contribution is 6.31. The molecule has 33 heavy (non-hydrogen) atoms. The summed E-state index contributed by atoms with van der Waals surface area (Å²) in [5, 5.41) is 12.4. The molecule has 0 aliphatic rings. The van der Waals surface area contributed by atoms with Crippen molar-refractivity contribution in [1.29, 1.82) is 0 Å². The van der Waals surface area contributed by atoms with Crippen LogP contribution in [0.15, 0.2) is 71.1 Å². The van der Waals surface area contributed by atoms with Gasteiger partial charge in [-0.1, -0.05) is 23.2 Å². The van der Waals surface area contributed by atoms with E-state index in [2.05, 4.69) is 15.5 Å². The highest BCUT2D eigenvalue weighted by Gasteiger charge is 2.16. The molecule has 1 N–H and O–H groups in total. The number of rotatable bonds is 4. The third kappa shape index (κ3) is 4.20. The molecule has 3 aromatic carbocycles. The predicted octanol–water partition coefficient (Wildman–Crippen LogP) is 6.69. The van der Waals surface area contributed by atoms with Gasteiger partial charge in [-0.25, -0.2) is 4.39 Å². The zero-order valence-corrected chi connectivity index (χ0v) is 18.7. The Labute approximate surface area is 197 Å². The number of fused-ring (bicyclic) bond motifs is 1. The molecule has 0 atom stereocenters. The van der Waals surface area contributed by atoms with Crippen LogP contribution in [0, 0.1) is 12.7 Å². The number of benzene rings is 3. The first-order valence-corrected chi connectivity index (χ1v) is 10.6. The second kappa shape index (κ2) is 8.35. The highest BCUT2D eigenvalue weighted by Crippen LogP contribution is 2.28. The van der Waals surface area contributed by atoms with E-state index >= 15 is 0 Å². The van der Waals surface area contributed by atoms with Crippen LogP contribution in [0.25, 0.3) is 28.0 Å². The van der Waals surface area contributed by atoms with Crippen molar-refractivity contribution in [1.82, 2.24) is 15.0 Å². The number of hydrogen-bond acceptors (Lipinski definition) is 4. The van der Waals surface area contributed by atoms with Crippen LogP contribution >= 0.6 is 23.2 Å². The number of hydrogen-bond donors (Lipinski definition) is 1. The van der Waals surface area contributed by atoms with E-state index in [1.807, 2.05) is 25.1 Å². The van der Waals surface area contributed by atoms with Gasteiger partial charge in [0.05, 0.1) is 10.7 Å². The number of nitrogens with zero attached hydrogens (tertiary/aromatic N) is 3. The molecule has 0 aliphatic carbocycles. The second-order valence-electron chi connectivity index (χ2n) is 7.37. The summed E-state index contributed by atoms with van der Waals surface area (Å²) in [7, 11) is 0. The molecule has 0 bridgehead atoms. The third-order valence-corrected chi connectivity index (χ3v) is 5.61. The van der Waals surface area contributed by atoms with Gasteiger partial charge in [-0.3, -0.25) is 4.79 Å². The van der Waals surface area contributed by atoms with Crippen molar-refractivity contribution in [2.45, 2.75) is 6.92 Å². The van der Waals surface area contributed by atoms with Gasteiger partial charge < -0.3 is 9.73 Å². The molecule has 5 rings (SSSR count). The van der Waals surface area contributed by atoms with Gasteiger partial charge in [0.2, 0.25) is 0 Å². The molecule has 6 nitrogen and oxygen atoms in total. The van der Waals surface area contributed by atoms with Gasteiger partial charge >= 0.3 is 0 Å². The molecule has 1 amide bonds. The number of aryl methyl sites for hydroxylation is 1. The van der Waals surface area contributed by atoms with Gasteiger partial charge in [0, 0.05) is 16.3 Å². The Hall–Kier alpha value is -3.68. The summed E-state index contributed by atoms with van der Waals surface area (Å²) < 4.78 is 19.1. The summed E-state index contributed by atoms with van der Waals surface area (Å²) in [4.78, 5) is 14.3. The maximum absolute atomic E-state index is 13.4. The average Bonchev–Trinajstić information content (AvgIpc) is 3.44. The molecule has 0 spiro atoms. The van der Waals surface area contributed by atoms with Crippen LogP contribution in [0.3, 0.4) is 0 Å². The zero-order valence-electron chi connectivity index (χ0n) is 17.1. The largest absolute Gasteiger partial charge is 0.451 e. The standard InChI is InChI=1S/C24H15Cl2FN4O2/c1-13-10-20-21(30-31(29-20)16-5-3-15(25)4-6-16)12-19(13)28-24(32)23-9-8-22(33-23)14-2-7-18(27)17(26)11-14/h2-12H,1H3,(H,28,32). The molecule has 0 saturated carbocycles.